The first-order valence-electron chi connectivity index (χ1n) is 10.4. The van der Waals surface area contributed by atoms with E-state index in [1.807, 2.05) is 45.0 Å². The van der Waals surface area contributed by atoms with E-state index >= 15 is 0 Å². The quantitative estimate of drug-likeness (QED) is 0.402. The van der Waals surface area contributed by atoms with Crippen LogP contribution >= 0.6 is 0 Å². The van der Waals surface area contributed by atoms with E-state index in [1.54, 1.807) is 19.2 Å². The molecule has 31 heavy (non-hydrogen) atoms. The number of ketones is 1. The number of hydrogen-bond donors (Lipinski definition) is 1. The van der Waals surface area contributed by atoms with Gasteiger partial charge in [0.1, 0.15) is 17.3 Å². The Morgan fingerprint density at radius 1 is 1.10 bits per heavy atom. The predicted molar refractivity (Wildman–Crippen MR) is 119 cm³/mol. The van der Waals surface area contributed by atoms with Gasteiger partial charge in [-0.3, -0.25) is 9.59 Å². The molecule has 1 fully saturated rings. The summed E-state index contributed by atoms with van der Waals surface area (Å²) in [4.78, 5) is 27.7. The van der Waals surface area contributed by atoms with Crippen LogP contribution in [0.2, 0.25) is 0 Å². The van der Waals surface area contributed by atoms with Crippen LogP contribution in [0, 0.1) is 13.8 Å². The third-order valence-electron chi connectivity index (χ3n) is 5.60. The van der Waals surface area contributed by atoms with Crippen molar-refractivity contribution < 1.29 is 24.2 Å². The van der Waals surface area contributed by atoms with Gasteiger partial charge in [0.05, 0.1) is 31.4 Å². The topological polar surface area (TPSA) is 76.1 Å². The van der Waals surface area contributed by atoms with Crippen LogP contribution < -0.4 is 9.47 Å². The Morgan fingerprint density at radius 2 is 1.81 bits per heavy atom. The molecule has 1 saturated heterocycles. The fourth-order valence-electron chi connectivity index (χ4n) is 4.20. The molecular formula is C25H29NO5. The number of rotatable bonds is 7. The van der Waals surface area contributed by atoms with Crippen LogP contribution in [0.3, 0.4) is 0 Å². The Kier molecular flexibility index (Phi) is 6.68. The number of benzene rings is 2. The number of nitrogens with zero attached hydrogens (tertiary/aromatic N) is 1. The van der Waals surface area contributed by atoms with E-state index in [-0.39, 0.29) is 11.3 Å². The Morgan fingerprint density at radius 3 is 2.45 bits per heavy atom. The molecule has 1 aliphatic heterocycles. The van der Waals surface area contributed by atoms with E-state index in [1.165, 1.54) is 12.0 Å². The van der Waals surface area contributed by atoms with Crippen LogP contribution in [-0.4, -0.2) is 42.5 Å². The van der Waals surface area contributed by atoms with Crippen molar-refractivity contribution in [2.75, 3.05) is 20.8 Å². The van der Waals surface area contributed by atoms with Crippen molar-refractivity contribution in [3.8, 4) is 11.5 Å². The monoisotopic (exact) mass is 423 g/mol. The van der Waals surface area contributed by atoms with Crippen molar-refractivity contribution in [1.82, 2.24) is 4.90 Å². The SMILES string of the molecule is CCCCN1C(=O)C(=O)/C(=C(/O)c2cc(C)cc(C)c2OC)C1c1ccccc1OC. The number of unbranched alkanes of at least 4 members (excludes halogenated alkanes) is 1. The van der Waals surface area contributed by atoms with E-state index in [4.69, 9.17) is 9.47 Å². The van der Waals surface area contributed by atoms with Crippen molar-refractivity contribution in [3.63, 3.8) is 0 Å². The van der Waals surface area contributed by atoms with Gasteiger partial charge in [0.2, 0.25) is 0 Å². The van der Waals surface area contributed by atoms with Gasteiger partial charge in [-0.05, 0) is 43.5 Å². The summed E-state index contributed by atoms with van der Waals surface area (Å²) in [6, 6.07) is 10.2. The van der Waals surface area contributed by atoms with E-state index in [9.17, 15) is 14.7 Å². The third kappa shape index (κ3) is 4.02. The number of Topliss-reactive ketones (excluding diaryl/α,β-unsaturated/α-hetero) is 1. The van der Waals surface area contributed by atoms with E-state index in [2.05, 4.69) is 0 Å². The van der Waals surface area contributed by atoms with Crippen molar-refractivity contribution >= 4 is 17.4 Å². The van der Waals surface area contributed by atoms with Crippen LogP contribution in [0.4, 0.5) is 0 Å². The Balaban J connectivity index is 2.30. The molecule has 1 unspecified atom stereocenters. The molecule has 1 amide bonds. The number of hydrogen-bond acceptors (Lipinski definition) is 5. The predicted octanol–water partition coefficient (Wildman–Crippen LogP) is 4.54. The van der Waals surface area contributed by atoms with Gasteiger partial charge in [0.25, 0.3) is 11.7 Å². The molecule has 6 heteroatoms. The van der Waals surface area contributed by atoms with Gasteiger partial charge in [-0.15, -0.1) is 0 Å². The molecule has 0 radical (unpaired) electrons. The summed E-state index contributed by atoms with van der Waals surface area (Å²) in [5, 5.41) is 11.4. The molecule has 0 saturated carbocycles. The summed E-state index contributed by atoms with van der Waals surface area (Å²) >= 11 is 0. The Hall–Kier alpha value is -3.28. The number of aliphatic hydroxyl groups is 1. The van der Waals surface area contributed by atoms with Crippen molar-refractivity contribution in [1.29, 1.82) is 0 Å². The second-order valence-corrected chi connectivity index (χ2v) is 7.75. The molecule has 1 atom stereocenters. The zero-order valence-corrected chi connectivity index (χ0v) is 18.7. The van der Waals surface area contributed by atoms with Crippen LogP contribution in [0.15, 0.2) is 42.0 Å². The molecule has 6 nitrogen and oxygen atoms in total. The average molecular weight is 424 g/mol. The minimum absolute atomic E-state index is 0.0499. The Bertz CT molecular complexity index is 1040. The highest BCUT2D eigenvalue weighted by molar-refractivity contribution is 6.46. The molecule has 0 aliphatic carbocycles. The number of carbonyl (C=O) groups is 2. The molecular weight excluding hydrogens is 394 g/mol. The normalized spacial score (nSPS) is 17.8. The number of methoxy groups -OCH3 is 2. The van der Waals surface area contributed by atoms with Gasteiger partial charge in [0, 0.05) is 12.1 Å². The van der Waals surface area contributed by atoms with Crippen molar-refractivity contribution in [2.45, 2.75) is 39.7 Å². The number of likely N-dealkylation sites (tertiary alicyclic amines) is 1. The molecule has 164 valence electrons. The van der Waals surface area contributed by atoms with E-state index in [0.29, 0.717) is 29.2 Å². The molecule has 1 N–H and O–H groups in total. The molecule has 3 rings (SSSR count). The lowest BCUT2D eigenvalue weighted by molar-refractivity contribution is -0.139. The van der Waals surface area contributed by atoms with Gasteiger partial charge in [-0.1, -0.05) is 37.6 Å². The van der Waals surface area contributed by atoms with Crippen molar-refractivity contribution in [3.05, 3.63) is 64.2 Å². The second-order valence-electron chi connectivity index (χ2n) is 7.75. The lowest BCUT2D eigenvalue weighted by Gasteiger charge is -2.26. The maximum absolute atomic E-state index is 13.2. The fourth-order valence-corrected chi connectivity index (χ4v) is 4.20. The smallest absolute Gasteiger partial charge is 0.295 e. The molecule has 1 aliphatic rings. The number of aryl methyl sites for hydroxylation is 2. The maximum Gasteiger partial charge on any atom is 0.295 e. The van der Waals surface area contributed by atoms with Gasteiger partial charge < -0.3 is 19.5 Å². The highest BCUT2D eigenvalue weighted by Gasteiger charge is 2.47. The van der Waals surface area contributed by atoms with Gasteiger partial charge in [-0.25, -0.2) is 0 Å². The van der Waals surface area contributed by atoms with Crippen LogP contribution in [0.5, 0.6) is 11.5 Å². The fraction of sp³-hybridized carbons (Fsp3) is 0.360. The molecule has 0 spiro atoms. The number of amides is 1. The summed E-state index contributed by atoms with van der Waals surface area (Å²) in [7, 11) is 3.07. The summed E-state index contributed by atoms with van der Waals surface area (Å²) in [5.41, 5.74) is 2.85. The zero-order chi connectivity index (χ0) is 22.7. The number of carbonyl (C=O) groups excluding carboxylic acids is 2. The van der Waals surface area contributed by atoms with Gasteiger partial charge >= 0.3 is 0 Å². The number of para-hydroxylation sites is 1. The van der Waals surface area contributed by atoms with Crippen LogP contribution in [0.1, 0.15) is 48.1 Å². The third-order valence-corrected chi connectivity index (χ3v) is 5.60. The molecule has 1 heterocycles. The Labute approximate surface area is 183 Å². The highest BCUT2D eigenvalue weighted by Crippen LogP contribution is 2.44. The van der Waals surface area contributed by atoms with Gasteiger partial charge in [-0.2, -0.15) is 0 Å². The van der Waals surface area contributed by atoms with Crippen LogP contribution in [-0.2, 0) is 9.59 Å². The first-order valence-corrected chi connectivity index (χ1v) is 10.4. The molecule has 0 bridgehead atoms. The summed E-state index contributed by atoms with van der Waals surface area (Å²) in [6.45, 7) is 6.21. The average Bonchev–Trinajstić information content (AvgIpc) is 3.01. The summed E-state index contributed by atoms with van der Waals surface area (Å²) < 4.78 is 11.0. The minimum atomic E-state index is -0.742. The second kappa shape index (κ2) is 9.25. The number of ether oxygens (including phenoxy) is 2. The summed E-state index contributed by atoms with van der Waals surface area (Å²) in [5.74, 6) is -0.535. The maximum atomic E-state index is 13.2. The minimum Gasteiger partial charge on any atom is -0.507 e. The first-order chi connectivity index (χ1) is 14.8. The van der Waals surface area contributed by atoms with Gasteiger partial charge in [0.15, 0.2) is 0 Å². The van der Waals surface area contributed by atoms with E-state index < -0.39 is 17.7 Å². The number of aliphatic hydroxyl groups excluding tert-OH is 1. The van der Waals surface area contributed by atoms with Crippen molar-refractivity contribution in [2.24, 2.45) is 0 Å². The largest absolute Gasteiger partial charge is 0.507 e. The lowest BCUT2D eigenvalue weighted by Crippen LogP contribution is -2.30. The molecule has 0 aromatic heterocycles. The first kappa shape index (κ1) is 22.4. The molecule has 2 aromatic rings. The zero-order valence-electron chi connectivity index (χ0n) is 18.7. The standard InChI is InChI=1S/C25H29NO5/c1-6-7-12-26-21(17-10-8-9-11-19(17)30-4)20(23(28)25(26)29)22(27)18-14-15(2)13-16(3)24(18)31-5/h8-11,13-14,21,27H,6-7,12H2,1-5H3/b22-20+. The highest BCUT2D eigenvalue weighted by atomic mass is 16.5. The van der Waals surface area contributed by atoms with Crippen LogP contribution in [0.25, 0.3) is 5.76 Å². The van der Waals surface area contributed by atoms with E-state index in [0.717, 1.165) is 24.0 Å². The molecule has 2 aromatic carbocycles. The lowest BCUT2D eigenvalue weighted by atomic mass is 9.93. The summed E-state index contributed by atoms with van der Waals surface area (Å²) in [6.07, 6.45) is 1.61.